The van der Waals surface area contributed by atoms with Crippen LogP contribution in [0.25, 0.3) is 10.9 Å². The van der Waals surface area contributed by atoms with Crippen LogP contribution in [-0.4, -0.2) is 15.1 Å². The number of aryl methyl sites for hydroxylation is 1. The molecule has 28 heavy (non-hydrogen) atoms. The molecular weight excluding hydrogens is 377 g/mol. The normalized spacial score (nSPS) is 12.1. The second kappa shape index (κ2) is 7.44. The molecule has 2 N–H and O–H groups in total. The molecule has 0 aliphatic rings. The van der Waals surface area contributed by atoms with Crippen LogP contribution in [0.2, 0.25) is 5.02 Å². The molecule has 0 spiro atoms. The Labute approximate surface area is 166 Å². The molecule has 0 fully saturated rings. The van der Waals surface area contributed by atoms with Gasteiger partial charge in [0.1, 0.15) is 22.9 Å². The minimum Gasteiger partial charge on any atom is -0.505 e. The van der Waals surface area contributed by atoms with Crippen LogP contribution in [0.15, 0.2) is 67.0 Å². The molecule has 1 unspecified atom stereocenters. The summed E-state index contributed by atoms with van der Waals surface area (Å²) in [5, 5.41) is 15.6. The van der Waals surface area contributed by atoms with Crippen molar-refractivity contribution in [2.75, 3.05) is 5.32 Å². The Morgan fingerprint density at radius 1 is 1.04 bits per heavy atom. The molecule has 2 aromatic carbocycles. The van der Waals surface area contributed by atoms with Gasteiger partial charge in [0.15, 0.2) is 0 Å². The third kappa shape index (κ3) is 3.49. The van der Waals surface area contributed by atoms with Gasteiger partial charge >= 0.3 is 0 Å². The van der Waals surface area contributed by atoms with Gasteiger partial charge in [0.2, 0.25) is 0 Å². The van der Waals surface area contributed by atoms with Crippen molar-refractivity contribution in [2.45, 2.75) is 13.0 Å². The van der Waals surface area contributed by atoms with Crippen molar-refractivity contribution >= 4 is 28.3 Å². The van der Waals surface area contributed by atoms with Gasteiger partial charge in [-0.25, -0.2) is 9.37 Å². The van der Waals surface area contributed by atoms with Gasteiger partial charge in [-0.2, -0.15) is 0 Å². The Hall–Kier alpha value is -3.18. The van der Waals surface area contributed by atoms with E-state index in [0.29, 0.717) is 21.9 Å². The van der Waals surface area contributed by atoms with Crippen LogP contribution in [0.3, 0.4) is 0 Å². The lowest BCUT2D eigenvalue weighted by molar-refractivity contribution is 0.471. The molecule has 4 nitrogen and oxygen atoms in total. The number of halogens is 2. The second-order valence-corrected chi connectivity index (χ2v) is 6.95. The van der Waals surface area contributed by atoms with E-state index in [1.54, 1.807) is 12.3 Å². The molecule has 0 amide bonds. The molecule has 140 valence electrons. The van der Waals surface area contributed by atoms with Crippen molar-refractivity contribution in [3.63, 3.8) is 0 Å². The van der Waals surface area contributed by atoms with Crippen molar-refractivity contribution in [3.05, 3.63) is 94.5 Å². The zero-order valence-corrected chi connectivity index (χ0v) is 15.8. The summed E-state index contributed by atoms with van der Waals surface area (Å²) < 4.78 is 13.3. The average molecular weight is 394 g/mol. The highest BCUT2D eigenvalue weighted by molar-refractivity contribution is 6.31. The molecule has 1 atom stereocenters. The molecule has 4 aromatic rings. The maximum absolute atomic E-state index is 13.3. The van der Waals surface area contributed by atoms with Gasteiger partial charge in [-0.15, -0.1) is 0 Å². The fraction of sp³-hybridized carbons (Fsp3) is 0.0909. The number of fused-ring (bicyclic) bond motifs is 1. The third-order valence-corrected chi connectivity index (χ3v) is 4.92. The predicted molar refractivity (Wildman–Crippen MR) is 109 cm³/mol. The van der Waals surface area contributed by atoms with Crippen LogP contribution in [0.5, 0.6) is 5.75 Å². The van der Waals surface area contributed by atoms with E-state index in [-0.39, 0.29) is 5.75 Å². The van der Waals surface area contributed by atoms with Crippen molar-refractivity contribution in [3.8, 4) is 5.75 Å². The Morgan fingerprint density at radius 3 is 2.68 bits per heavy atom. The molecule has 2 aromatic heterocycles. The van der Waals surface area contributed by atoms with Crippen molar-refractivity contribution in [1.82, 2.24) is 9.97 Å². The van der Waals surface area contributed by atoms with Gasteiger partial charge in [-0.05, 0) is 36.8 Å². The number of hydrogen-bond donors (Lipinski definition) is 2. The minimum atomic E-state index is -0.503. The van der Waals surface area contributed by atoms with Crippen LogP contribution in [0.4, 0.5) is 10.2 Å². The molecular formula is C22H17ClFN3O. The number of rotatable bonds is 4. The SMILES string of the molecule is Cc1ccc(Cl)c(C(Nc2ccc(F)cn2)c2ccc3cccnc3c2O)c1. The Balaban J connectivity index is 1.88. The maximum Gasteiger partial charge on any atom is 0.147 e. The summed E-state index contributed by atoms with van der Waals surface area (Å²) >= 11 is 6.49. The fourth-order valence-corrected chi connectivity index (χ4v) is 3.42. The van der Waals surface area contributed by atoms with Gasteiger partial charge in [0.05, 0.1) is 12.2 Å². The van der Waals surface area contributed by atoms with Crippen molar-refractivity contribution in [2.24, 2.45) is 0 Å². The summed E-state index contributed by atoms with van der Waals surface area (Å²) in [4.78, 5) is 8.39. The summed E-state index contributed by atoms with van der Waals surface area (Å²) in [6.07, 6.45) is 2.77. The Bertz CT molecular complexity index is 1150. The quantitative estimate of drug-likeness (QED) is 0.471. The van der Waals surface area contributed by atoms with Crippen LogP contribution >= 0.6 is 11.6 Å². The first-order valence-electron chi connectivity index (χ1n) is 8.73. The number of phenolic OH excluding ortho intramolecular Hbond substituents is 1. The highest BCUT2D eigenvalue weighted by atomic mass is 35.5. The number of hydrogen-bond acceptors (Lipinski definition) is 4. The standard InChI is InChI=1S/C22H17ClFN3O/c1-13-4-8-18(23)17(11-13)21(27-19-9-6-15(24)12-26-19)16-7-5-14-3-2-10-25-20(14)22(16)28/h2-12,21,28H,1H3,(H,26,27). The summed E-state index contributed by atoms with van der Waals surface area (Å²) in [5.41, 5.74) is 2.91. The monoisotopic (exact) mass is 393 g/mol. The lowest BCUT2D eigenvalue weighted by Gasteiger charge is -2.23. The van der Waals surface area contributed by atoms with E-state index in [1.807, 2.05) is 49.4 Å². The van der Waals surface area contributed by atoms with Gasteiger partial charge in [0, 0.05) is 22.2 Å². The predicted octanol–water partition coefficient (Wildman–Crippen LogP) is 5.64. The van der Waals surface area contributed by atoms with E-state index in [4.69, 9.17) is 11.6 Å². The number of pyridine rings is 2. The third-order valence-electron chi connectivity index (χ3n) is 4.57. The Morgan fingerprint density at radius 2 is 1.89 bits per heavy atom. The first-order valence-corrected chi connectivity index (χ1v) is 9.11. The highest BCUT2D eigenvalue weighted by Gasteiger charge is 2.22. The Kier molecular flexibility index (Phi) is 4.84. The first kappa shape index (κ1) is 18.2. The number of nitrogens with one attached hydrogen (secondary N) is 1. The van der Waals surface area contributed by atoms with E-state index in [0.717, 1.165) is 22.7 Å². The fourth-order valence-electron chi connectivity index (χ4n) is 3.19. The molecule has 0 saturated carbocycles. The lowest BCUT2D eigenvalue weighted by Crippen LogP contribution is -2.14. The number of aromatic nitrogens is 2. The lowest BCUT2D eigenvalue weighted by atomic mass is 9.95. The number of nitrogens with zero attached hydrogens (tertiary/aromatic N) is 2. The summed E-state index contributed by atoms with van der Waals surface area (Å²) in [6.45, 7) is 1.97. The topological polar surface area (TPSA) is 58.0 Å². The van der Waals surface area contributed by atoms with Gasteiger partial charge in [-0.3, -0.25) is 4.98 Å². The van der Waals surface area contributed by atoms with Gasteiger partial charge in [0.25, 0.3) is 0 Å². The summed E-state index contributed by atoms with van der Waals surface area (Å²) in [6, 6.07) is 15.5. The molecule has 0 bridgehead atoms. The number of benzene rings is 2. The molecule has 4 rings (SSSR count). The molecule has 0 aliphatic heterocycles. The number of aromatic hydroxyl groups is 1. The molecule has 0 saturated heterocycles. The first-order chi connectivity index (χ1) is 13.5. The van der Waals surface area contributed by atoms with E-state index < -0.39 is 11.9 Å². The zero-order chi connectivity index (χ0) is 19.7. The van der Waals surface area contributed by atoms with Crippen LogP contribution in [-0.2, 0) is 0 Å². The van der Waals surface area contributed by atoms with E-state index >= 15 is 0 Å². The van der Waals surface area contributed by atoms with Crippen LogP contribution in [0, 0.1) is 12.7 Å². The van der Waals surface area contributed by atoms with Crippen molar-refractivity contribution in [1.29, 1.82) is 0 Å². The molecule has 6 heteroatoms. The molecule has 2 heterocycles. The van der Waals surface area contributed by atoms with Crippen molar-refractivity contribution < 1.29 is 9.50 Å². The maximum atomic E-state index is 13.3. The van der Waals surface area contributed by atoms with Gasteiger partial charge < -0.3 is 10.4 Å². The highest BCUT2D eigenvalue weighted by Crippen LogP contribution is 2.38. The van der Waals surface area contributed by atoms with E-state index in [2.05, 4.69) is 15.3 Å². The largest absolute Gasteiger partial charge is 0.505 e. The zero-order valence-electron chi connectivity index (χ0n) is 15.0. The number of anilines is 1. The molecule has 0 aliphatic carbocycles. The smallest absolute Gasteiger partial charge is 0.147 e. The number of phenols is 1. The second-order valence-electron chi connectivity index (χ2n) is 6.54. The van der Waals surface area contributed by atoms with Crippen LogP contribution < -0.4 is 5.32 Å². The average Bonchev–Trinajstić information content (AvgIpc) is 2.70. The van der Waals surface area contributed by atoms with E-state index in [1.165, 1.54) is 6.07 Å². The summed E-state index contributed by atoms with van der Waals surface area (Å²) in [7, 11) is 0. The van der Waals surface area contributed by atoms with E-state index in [9.17, 15) is 9.50 Å². The molecule has 0 radical (unpaired) electrons. The minimum absolute atomic E-state index is 0.0651. The van der Waals surface area contributed by atoms with Gasteiger partial charge in [-0.1, -0.05) is 47.5 Å². The van der Waals surface area contributed by atoms with Crippen LogP contribution in [0.1, 0.15) is 22.7 Å². The summed E-state index contributed by atoms with van der Waals surface area (Å²) in [5.74, 6) is 0.105.